The Morgan fingerprint density at radius 2 is 2.23 bits per heavy atom. The first kappa shape index (κ1) is 16.6. The van der Waals surface area contributed by atoms with Crippen molar-refractivity contribution in [3.63, 3.8) is 0 Å². The van der Waals surface area contributed by atoms with Crippen molar-refractivity contribution >= 4 is 5.97 Å². The molecule has 0 heterocycles. The van der Waals surface area contributed by atoms with Crippen LogP contribution in [0.3, 0.4) is 0 Å². The Hall–Kier alpha value is -1.75. The molecular weight excluding hydrogens is 272 g/mol. The van der Waals surface area contributed by atoms with E-state index in [-0.39, 0.29) is 23.2 Å². The van der Waals surface area contributed by atoms with Crippen LogP contribution in [0.2, 0.25) is 0 Å². The van der Waals surface area contributed by atoms with Crippen molar-refractivity contribution in [1.82, 2.24) is 0 Å². The first-order chi connectivity index (χ1) is 10.4. The molecule has 3 unspecified atom stereocenters. The van der Waals surface area contributed by atoms with Gasteiger partial charge in [-0.15, -0.1) is 6.42 Å². The maximum atomic E-state index is 12.4. The summed E-state index contributed by atoms with van der Waals surface area (Å²) in [7, 11) is 0. The van der Waals surface area contributed by atoms with Crippen LogP contribution in [0.5, 0.6) is 0 Å². The molecule has 22 heavy (non-hydrogen) atoms. The monoisotopic (exact) mass is 298 g/mol. The number of esters is 1. The predicted molar refractivity (Wildman–Crippen MR) is 90.0 cm³/mol. The van der Waals surface area contributed by atoms with Crippen molar-refractivity contribution in [3.05, 3.63) is 35.5 Å². The molecule has 0 aromatic heterocycles. The fourth-order valence-electron chi connectivity index (χ4n) is 3.18. The molecule has 0 radical (unpaired) electrons. The summed E-state index contributed by atoms with van der Waals surface area (Å²) in [6, 6.07) is 0. The zero-order chi connectivity index (χ0) is 16.3. The SMILES string of the molecule is C#CC(C=CC1=CCCC1)OC(=O)C1C(C=C(C)C)C1(C)C. The van der Waals surface area contributed by atoms with Crippen LogP contribution >= 0.6 is 0 Å². The van der Waals surface area contributed by atoms with Gasteiger partial charge in [0, 0.05) is 0 Å². The molecule has 0 aromatic rings. The maximum Gasteiger partial charge on any atom is 0.311 e. The Morgan fingerprint density at radius 3 is 2.77 bits per heavy atom. The summed E-state index contributed by atoms with van der Waals surface area (Å²) in [6.45, 7) is 8.32. The van der Waals surface area contributed by atoms with Gasteiger partial charge in [-0.1, -0.05) is 49.1 Å². The fraction of sp³-hybridized carbons (Fsp3) is 0.550. The number of hydrogen-bond donors (Lipinski definition) is 0. The molecule has 0 amide bonds. The quantitative estimate of drug-likeness (QED) is 0.426. The van der Waals surface area contributed by atoms with Crippen LogP contribution in [0.15, 0.2) is 35.5 Å². The summed E-state index contributed by atoms with van der Waals surface area (Å²) < 4.78 is 5.51. The number of carbonyl (C=O) groups is 1. The highest BCUT2D eigenvalue weighted by Gasteiger charge is 2.61. The lowest BCUT2D eigenvalue weighted by molar-refractivity contribution is -0.147. The van der Waals surface area contributed by atoms with Crippen LogP contribution in [0, 0.1) is 29.6 Å². The third kappa shape index (κ3) is 3.71. The third-order valence-electron chi connectivity index (χ3n) is 4.65. The molecule has 0 aliphatic heterocycles. The van der Waals surface area contributed by atoms with Crippen molar-refractivity contribution in [1.29, 1.82) is 0 Å². The standard InChI is InChI=1S/C20H26O2/c1-6-16(12-11-15-9-7-8-10-15)22-19(21)18-17(13-14(2)3)20(18,4)5/h1,9,11-13,16-18H,7-8,10H2,2-5H3. The van der Waals surface area contributed by atoms with E-state index in [9.17, 15) is 4.79 Å². The highest BCUT2D eigenvalue weighted by molar-refractivity contribution is 5.78. The van der Waals surface area contributed by atoms with E-state index in [0.717, 1.165) is 12.8 Å². The number of allylic oxidation sites excluding steroid dienone is 5. The fourth-order valence-corrected chi connectivity index (χ4v) is 3.18. The van der Waals surface area contributed by atoms with E-state index in [1.165, 1.54) is 17.6 Å². The number of hydrogen-bond acceptors (Lipinski definition) is 2. The number of carbonyl (C=O) groups excluding carboxylic acids is 1. The van der Waals surface area contributed by atoms with Crippen molar-refractivity contribution in [2.24, 2.45) is 17.3 Å². The lowest BCUT2D eigenvalue weighted by Crippen LogP contribution is -2.18. The molecule has 2 heteroatoms. The van der Waals surface area contributed by atoms with Crippen LogP contribution in [-0.4, -0.2) is 12.1 Å². The van der Waals surface area contributed by atoms with E-state index in [4.69, 9.17) is 11.2 Å². The molecule has 1 saturated carbocycles. The second kappa shape index (κ2) is 6.57. The molecule has 118 valence electrons. The summed E-state index contributed by atoms with van der Waals surface area (Å²) in [6.07, 6.45) is 16.5. The summed E-state index contributed by atoms with van der Waals surface area (Å²) in [5, 5.41) is 0. The van der Waals surface area contributed by atoms with Crippen molar-refractivity contribution < 1.29 is 9.53 Å². The van der Waals surface area contributed by atoms with Gasteiger partial charge in [0.1, 0.15) is 0 Å². The molecule has 1 fully saturated rings. The highest BCUT2D eigenvalue weighted by Crippen LogP contribution is 2.59. The van der Waals surface area contributed by atoms with Gasteiger partial charge in [-0.2, -0.15) is 0 Å². The van der Waals surface area contributed by atoms with Crippen LogP contribution in [0.25, 0.3) is 0 Å². The van der Waals surface area contributed by atoms with Gasteiger partial charge in [0.2, 0.25) is 0 Å². The Balaban J connectivity index is 1.96. The minimum absolute atomic E-state index is 0.0365. The summed E-state index contributed by atoms with van der Waals surface area (Å²) in [5.41, 5.74) is 2.48. The van der Waals surface area contributed by atoms with Gasteiger partial charge in [-0.25, -0.2) is 0 Å². The Bertz CT molecular complexity index is 565. The number of rotatable bonds is 5. The first-order valence-corrected chi connectivity index (χ1v) is 8.05. The molecule has 0 N–H and O–H groups in total. The first-order valence-electron chi connectivity index (χ1n) is 8.05. The van der Waals surface area contributed by atoms with Crippen molar-refractivity contribution in [2.45, 2.75) is 53.1 Å². The largest absolute Gasteiger partial charge is 0.445 e. The topological polar surface area (TPSA) is 26.3 Å². The van der Waals surface area contributed by atoms with Gasteiger partial charge >= 0.3 is 5.97 Å². The zero-order valence-electron chi connectivity index (χ0n) is 14.1. The van der Waals surface area contributed by atoms with Gasteiger partial charge in [0.15, 0.2) is 6.10 Å². The third-order valence-corrected chi connectivity index (χ3v) is 4.65. The van der Waals surface area contributed by atoms with Gasteiger partial charge < -0.3 is 4.74 Å². The van der Waals surface area contributed by atoms with Gasteiger partial charge in [0.05, 0.1) is 5.92 Å². The summed E-state index contributed by atoms with van der Waals surface area (Å²) in [4.78, 5) is 12.4. The van der Waals surface area contributed by atoms with Crippen LogP contribution < -0.4 is 0 Å². The zero-order valence-corrected chi connectivity index (χ0v) is 14.1. The van der Waals surface area contributed by atoms with E-state index in [1.54, 1.807) is 0 Å². The summed E-state index contributed by atoms with van der Waals surface area (Å²) >= 11 is 0. The minimum atomic E-state index is -0.572. The Kier molecular flexibility index (Phi) is 4.96. The normalized spacial score (nSPS) is 27.0. The molecule has 0 saturated heterocycles. The Labute approximate surface area is 134 Å². The molecular formula is C20H26O2. The average Bonchev–Trinajstić information content (AvgIpc) is 2.83. The van der Waals surface area contributed by atoms with E-state index >= 15 is 0 Å². The molecule has 3 atom stereocenters. The number of terminal acetylenes is 1. The number of ether oxygens (including phenoxy) is 1. The molecule has 0 spiro atoms. The molecule has 0 aromatic carbocycles. The smallest absolute Gasteiger partial charge is 0.311 e. The van der Waals surface area contributed by atoms with Crippen LogP contribution in [0.4, 0.5) is 0 Å². The second-order valence-corrected chi connectivity index (χ2v) is 7.12. The van der Waals surface area contributed by atoms with E-state index in [1.807, 2.05) is 12.2 Å². The van der Waals surface area contributed by atoms with Gasteiger partial charge in [-0.3, -0.25) is 4.79 Å². The lowest BCUT2D eigenvalue weighted by Gasteiger charge is -2.09. The lowest BCUT2D eigenvalue weighted by atomic mass is 10.1. The predicted octanol–water partition coefficient (Wildman–Crippen LogP) is 4.44. The van der Waals surface area contributed by atoms with Crippen molar-refractivity contribution in [2.75, 3.05) is 0 Å². The summed E-state index contributed by atoms with van der Waals surface area (Å²) in [5.74, 6) is 2.54. The van der Waals surface area contributed by atoms with E-state index in [2.05, 4.69) is 45.8 Å². The van der Waals surface area contributed by atoms with E-state index in [0.29, 0.717) is 0 Å². The van der Waals surface area contributed by atoms with Gasteiger partial charge in [0.25, 0.3) is 0 Å². The second-order valence-electron chi connectivity index (χ2n) is 7.12. The molecule has 2 rings (SSSR count). The maximum absolute atomic E-state index is 12.4. The minimum Gasteiger partial charge on any atom is -0.445 e. The average molecular weight is 298 g/mol. The molecule has 0 bridgehead atoms. The molecule has 2 aliphatic rings. The van der Waals surface area contributed by atoms with Crippen LogP contribution in [-0.2, 0) is 9.53 Å². The van der Waals surface area contributed by atoms with Gasteiger partial charge in [-0.05, 0) is 50.5 Å². The molecule has 2 nitrogen and oxygen atoms in total. The Morgan fingerprint density at radius 1 is 1.50 bits per heavy atom. The van der Waals surface area contributed by atoms with Crippen molar-refractivity contribution in [3.8, 4) is 12.3 Å². The molecule has 2 aliphatic carbocycles. The van der Waals surface area contributed by atoms with E-state index < -0.39 is 6.10 Å². The van der Waals surface area contributed by atoms with Crippen LogP contribution in [0.1, 0.15) is 47.0 Å². The highest BCUT2D eigenvalue weighted by atomic mass is 16.5.